The van der Waals surface area contributed by atoms with Crippen LogP contribution < -0.4 is 17.2 Å². The summed E-state index contributed by atoms with van der Waals surface area (Å²) in [5.41, 5.74) is 14.4. The molecule has 0 aromatic carbocycles. The Morgan fingerprint density at radius 3 is 1.86 bits per heavy atom. The van der Waals surface area contributed by atoms with E-state index in [0.29, 0.717) is 0 Å². The van der Waals surface area contributed by atoms with Crippen molar-refractivity contribution in [3.63, 3.8) is 0 Å². The highest BCUT2D eigenvalue weighted by Crippen LogP contribution is 1.70. The van der Waals surface area contributed by atoms with Crippen LogP contribution >= 0.6 is 0 Å². The molecule has 0 amide bonds. The molecule has 0 saturated heterocycles. The SMILES string of the molecule is CO[SiH2]C(N)(N)N. The van der Waals surface area contributed by atoms with E-state index in [9.17, 15) is 0 Å². The average Bonchev–Trinajstić information content (AvgIpc) is 1.30. The van der Waals surface area contributed by atoms with Gasteiger partial charge in [0, 0.05) is 7.11 Å². The fourth-order valence-corrected chi connectivity index (χ4v) is 0.750. The summed E-state index contributed by atoms with van der Waals surface area (Å²) in [4.78, 5) is 0. The summed E-state index contributed by atoms with van der Waals surface area (Å²) >= 11 is 0. The van der Waals surface area contributed by atoms with Gasteiger partial charge in [-0.25, -0.2) is 0 Å². The van der Waals surface area contributed by atoms with Crippen LogP contribution in [-0.4, -0.2) is 22.3 Å². The van der Waals surface area contributed by atoms with Crippen LogP contribution in [0.15, 0.2) is 0 Å². The molecule has 0 rings (SSSR count). The van der Waals surface area contributed by atoms with E-state index in [-0.39, 0.29) is 0 Å². The van der Waals surface area contributed by atoms with Crippen LogP contribution in [0.4, 0.5) is 0 Å². The third-order valence-electron chi connectivity index (χ3n) is 0.394. The number of nitrogens with two attached hydrogens (primary N) is 3. The normalized spacial score (nSPS) is 13.7. The summed E-state index contributed by atoms with van der Waals surface area (Å²) < 4.78 is 4.67. The predicted octanol–water partition coefficient (Wildman–Crippen LogP) is -2.80. The Balaban J connectivity index is 3.15. The van der Waals surface area contributed by atoms with E-state index in [1.807, 2.05) is 0 Å². The minimum absolute atomic E-state index is 0.907. The molecule has 0 aliphatic heterocycles. The number of hydrogen-bond acceptors (Lipinski definition) is 4. The molecule has 0 aromatic heterocycles. The minimum atomic E-state index is -1.03. The molecule has 0 radical (unpaired) electrons. The molecule has 0 unspecified atom stereocenters. The van der Waals surface area contributed by atoms with Crippen molar-refractivity contribution in [1.82, 2.24) is 0 Å². The van der Waals surface area contributed by atoms with Crippen LogP contribution in [0.5, 0.6) is 0 Å². The van der Waals surface area contributed by atoms with Crippen molar-refractivity contribution in [2.45, 2.75) is 5.41 Å². The maximum Gasteiger partial charge on any atom is 0.214 e. The van der Waals surface area contributed by atoms with Crippen molar-refractivity contribution in [3.8, 4) is 0 Å². The van der Waals surface area contributed by atoms with Crippen LogP contribution in [-0.2, 0) is 4.43 Å². The minimum Gasteiger partial charge on any atom is -0.422 e. The van der Waals surface area contributed by atoms with Gasteiger partial charge in [-0.1, -0.05) is 0 Å². The summed E-state index contributed by atoms with van der Waals surface area (Å²) in [6, 6.07) is 0. The van der Waals surface area contributed by atoms with Gasteiger partial charge in [-0.15, -0.1) is 0 Å². The number of rotatable bonds is 2. The molecule has 44 valence electrons. The Labute approximate surface area is 44.9 Å². The van der Waals surface area contributed by atoms with Crippen LogP contribution in [0.1, 0.15) is 0 Å². The van der Waals surface area contributed by atoms with E-state index in [0.717, 1.165) is 0 Å². The van der Waals surface area contributed by atoms with Gasteiger partial charge in [-0.2, -0.15) is 0 Å². The smallest absolute Gasteiger partial charge is 0.214 e. The zero-order chi connectivity index (χ0) is 5.91. The largest absolute Gasteiger partial charge is 0.422 e. The monoisotopic (exact) mass is 121 g/mol. The van der Waals surface area contributed by atoms with Gasteiger partial charge in [-0.05, 0) is 0 Å². The molecular formula is C2H11N3OSi. The van der Waals surface area contributed by atoms with Gasteiger partial charge in [0.15, 0.2) is 0 Å². The van der Waals surface area contributed by atoms with Crippen LogP contribution in [0.2, 0.25) is 0 Å². The van der Waals surface area contributed by atoms with Gasteiger partial charge in [0.2, 0.25) is 9.76 Å². The number of hydrogen-bond donors (Lipinski definition) is 3. The van der Waals surface area contributed by atoms with E-state index < -0.39 is 15.2 Å². The van der Waals surface area contributed by atoms with Crippen molar-refractivity contribution in [3.05, 3.63) is 0 Å². The lowest BCUT2D eigenvalue weighted by molar-refractivity contribution is 0.406. The fraction of sp³-hybridized carbons (Fsp3) is 1.00. The summed E-state index contributed by atoms with van der Waals surface area (Å²) in [6.45, 7) is 0. The molecule has 0 aliphatic rings. The summed E-state index contributed by atoms with van der Waals surface area (Å²) in [5.74, 6) is 0. The third kappa shape index (κ3) is 6.06. The van der Waals surface area contributed by atoms with Crippen molar-refractivity contribution >= 4 is 9.76 Å². The van der Waals surface area contributed by atoms with E-state index in [4.69, 9.17) is 17.2 Å². The van der Waals surface area contributed by atoms with Gasteiger partial charge < -0.3 is 21.6 Å². The molecule has 0 fully saturated rings. The highest BCUT2D eigenvalue weighted by Gasteiger charge is 2.10. The van der Waals surface area contributed by atoms with Crippen molar-refractivity contribution in [2.24, 2.45) is 17.2 Å². The third-order valence-corrected chi connectivity index (χ3v) is 1.18. The maximum atomic E-state index is 5.14. The van der Waals surface area contributed by atoms with E-state index in [1.54, 1.807) is 7.11 Å². The molecule has 0 heterocycles. The zero-order valence-corrected chi connectivity index (χ0v) is 5.76. The molecule has 7 heavy (non-hydrogen) atoms. The van der Waals surface area contributed by atoms with E-state index >= 15 is 0 Å². The van der Waals surface area contributed by atoms with Crippen molar-refractivity contribution in [2.75, 3.05) is 7.11 Å². The molecule has 6 N–H and O–H groups in total. The van der Waals surface area contributed by atoms with Crippen molar-refractivity contribution < 1.29 is 4.43 Å². The second-order valence-corrected chi connectivity index (χ2v) is 3.64. The van der Waals surface area contributed by atoms with Crippen LogP contribution in [0.3, 0.4) is 0 Å². The second-order valence-electron chi connectivity index (χ2n) is 1.55. The van der Waals surface area contributed by atoms with Gasteiger partial charge in [0.05, 0.1) is 0 Å². The first-order chi connectivity index (χ1) is 3.06. The molecule has 4 nitrogen and oxygen atoms in total. The first-order valence-corrected chi connectivity index (χ1v) is 3.20. The Morgan fingerprint density at radius 1 is 1.43 bits per heavy atom. The lowest BCUT2D eigenvalue weighted by Crippen LogP contribution is -2.63. The Morgan fingerprint density at radius 2 is 1.86 bits per heavy atom. The topological polar surface area (TPSA) is 87.3 Å². The molecule has 5 heteroatoms. The molecule has 0 aliphatic carbocycles. The molecule has 0 saturated carbocycles. The molecule has 0 atom stereocenters. The lowest BCUT2D eigenvalue weighted by atomic mass is 11.0. The summed E-state index contributed by atoms with van der Waals surface area (Å²) in [7, 11) is 0.643. The van der Waals surface area contributed by atoms with Gasteiger partial charge in [-0.3, -0.25) is 0 Å². The lowest BCUT2D eigenvalue weighted by Gasteiger charge is -2.14. The fourth-order valence-electron chi connectivity index (χ4n) is 0.250. The second kappa shape index (κ2) is 2.39. The first-order valence-electron chi connectivity index (χ1n) is 1.92. The van der Waals surface area contributed by atoms with E-state index in [1.165, 1.54) is 0 Å². The Bertz CT molecular complexity index is 51.4. The van der Waals surface area contributed by atoms with Crippen molar-refractivity contribution in [1.29, 1.82) is 0 Å². The molecule has 0 spiro atoms. The Kier molecular flexibility index (Phi) is 2.41. The highest BCUT2D eigenvalue weighted by atomic mass is 28.2. The zero-order valence-electron chi connectivity index (χ0n) is 4.35. The van der Waals surface area contributed by atoms with Gasteiger partial charge in [0.25, 0.3) is 0 Å². The summed E-state index contributed by atoms with van der Waals surface area (Å²) in [5, 5.41) is 0. The molecular weight excluding hydrogens is 110 g/mol. The summed E-state index contributed by atoms with van der Waals surface area (Å²) in [6.07, 6.45) is 0. The first kappa shape index (κ1) is 7.06. The average molecular weight is 121 g/mol. The van der Waals surface area contributed by atoms with E-state index in [2.05, 4.69) is 4.43 Å². The Hall–Kier alpha value is 0.0569. The van der Waals surface area contributed by atoms with Crippen LogP contribution in [0.25, 0.3) is 0 Å². The quantitative estimate of drug-likeness (QED) is 0.272. The van der Waals surface area contributed by atoms with Gasteiger partial charge in [0.1, 0.15) is 5.41 Å². The van der Waals surface area contributed by atoms with Gasteiger partial charge >= 0.3 is 0 Å². The maximum absolute atomic E-state index is 5.14. The standard InChI is InChI=1S/C2H11N3OSi/c1-6-7-2(3,4)5/h3-5,7H2,1H3. The highest BCUT2D eigenvalue weighted by molar-refractivity contribution is 6.31. The predicted molar refractivity (Wildman–Crippen MR) is 30.8 cm³/mol. The van der Waals surface area contributed by atoms with Crippen LogP contribution in [0, 0.1) is 0 Å². The molecule has 0 bridgehead atoms. The molecule has 0 aromatic rings.